The van der Waals surface area contributed by atoms with Crippen LogP contribution in [0.2, 0.25) is 0 Å². The highest BCUT2D eigenvalue weighted by atomic mass is 32.2. The number of anilines is 3. The molecule has 0 amide bonds. The van der Waals surface area contributed by atoms with Crippen molar-refractivity contribution < 1.29 is 9.32 Å². The van der Waals surface area contributed by atoms with Crippen LogP contribution in [-0.4, -0.2) is 37.6 Å². The Hall–Kier alpha value is -2.71. The van der Waals surface area contributed by atoms with Crippen LogP contribution in [0.4, 0.5) is 17.5 Å². The fraction of sp³-hybridized carbons (Fsp3) is 0.222. The third-order valence-electron chi connectivity index (χ3n) is 3.57. The van der Waals surface area contributed by atoms with Gasteiger partial charge in [0, 0.05) is 29.8 Å². The number of H-pyrrole nitrogens is 1. The Bertz CT molecular complexity index is 882. The molecule has 26 heavy (non-hydrogen) atoms. The summed E-state index contributed by atoms with van der Waals surface area (Å²) in [5, 5.41) is 22.2. The largest absolute Gasteiger partial charge is 0.396 e. The summed E-state index contributed by atoms with van der Waals surface area (Å²) in [5.41, 5.74) is 0.929. The molecular weight excluding hydrogens is 350 g/mol. The summed E-state index contributed by atoms with van der Waals surface area (Å²) in [6.07, 6.45) is 0.606. The van der Waals surface area contributed by atoms with E-state index in [9.17, 15) is 4.21 Å². The smallest absolute Gasteiger partial charge is 0.153 e. The first-order chi connectivity index (χ1) is 12.7. The first-order valence-corrected chi connectivity index (χ1v) is 9.43. The molecule has 136 valence electrons. The molecule has 3 aromatic rings. The van der Waals surface area contributed by atoms with Crippen LogP contribution < -0.4 is 10.6 Å². The van der Waals surface area contributed by atoms with Gasteiger partial charge in [-0.05, 0) is 37.6 Å². The van der Waals surface area contributed by atoms with Crippen molar-refractivity contribution >= 4 is 28.3 Å². The number of nitrogens with one attached hydrogen (secondary N) is 3. The van der Waals surface area contributed by atoms with Gasteiger partial charge in [0.15, 0.2) is 5.82 Å². The molecule has 0 fully saturated rings. The standard InChI is InChI=1S/C18H21N5O2S/c1-13-10-18(23-22-13)21-17-12-15(11-16(20-17)19-8-5-9-24)26(25)14-6-3-2-4-7-14/h2-4,6-7,10-12,24H,5,8-9H2,1H3,(H3,19,20,21,22,23)/t26-/m0/s1. The molecule has 4 N–H and O–H groups in total. The molecule has 0 aliphatic carbocycles. The number of aliphatic hydroxyl groups excluding tert-OH is 1. The van der Waals surface area contributed by atoms with Gasteiger partial charge in [0.05, 0.1) is 15.7 Å². The highest BCUT2D eigenvalue weighted by Crippen LogP contribution is 2.23. The second-order valence-corrected chi connectivity index (χ2v) is 7.20. The van der Waals surface area contributed by atoms with Gasteiger partial charge in [-0.3, -0.25) is 5.10 Å². The summed E-state index contributed by atoms with van der Waals surface area (Å²) in [5.74, 6) is 1.78. The van der Waals surface area contributed by atoms with Crippen molar-refractivity contribution in [2.45, 2.75) is 23.1 Å². The maximum Gasteiger partial charge on any atom is 0.153 e. The highest BCUT2D eigenvalue weighted by Gasteiger charge is 2.12. The molecule has 2 aromatic heterocycles. The fourth-order valence-corrected chi connectivity index (χ4v) is 3.47. The van der Waals surface area contributed by atoms with Crippen molar-refractivity contribution in [2.75, 3.05) is 23.8 Å². The summed E-state index contributed by atoms with van der Waals surface area (Å²) in [7, 11) is -1.33. The second-order valence-electron chi connectivity index (χ2n) is 5.72. The lowest BCUT2D eigenvalue weighted by atomic mass is 10.4. The third kappa shape index (κ3) is 4.68. The van der Waals surface area contributed by atoms with Crippen molar-refractivity contribution in [2.24, 2.45) is 0 Å². The lowest BCUT2D eigenvalue weighted by Gasteiger charge is -2.11. The normalized spacial score (nSPS) is 11.9. The van der Waals surface area contributed by atoms with E-state index in [0.29, 0.717) is 35.3 Å². The number of aliphatic hydroxyl groups is 1. The van der Waals surface area contributed by atoms with Gasteiger partial charge in [-0.25, -0.2) is 9.19 Å². The lowest BCUT2D eigenvalue weighted by molar-refractivity contribution is 0.292. The number of hydrogen-bond acceptors (Lipinski definition) is 6. The number of aromatic nitrogens is 3. The minimum absolute atomic E-state index is 0.0975. The fourth-order valence-electron chi connectivity index (χ4n) is 2.36. The number of hydrogen-bond donors (Lipinski definition) is 4. The SMILES string of the molecule is Cc1cc(Nc2cc([S@@](=O)c3ccccc3)cc(NCCCO)n2)n[nH]1. The van der Waals surface area contributed by atoms with Crippen LogP contribution in [0.15, 0.2) is 58.3 Å². The topological polar surface area (TPSA) is 103 Å². The van der Waals surface area contributed by atoms with E-state index in [1.165, 1.54) is 0 Å². The van der Waals surface area contributed by atoms with Crippen molar-refractivity contribution in [1.82, 2.24) is 15.2 Å². The summed E-state index contributed by atoms with van der Waals surface area (Å²) in [4.78, 5) is 5.85. The molecule has 0 unspecified atom stereocenters. The zero-order chi connectivity index (χ0) is 18.4. The minimum Gasteiger partial charge on any atom is -0.396 e. The van der Waals surface area contributed by atoms with Gasteiger partial charge in [-0.2, -0.15) is 5.10 Å². The van der Waals surface area contributed by atoms with E-state index < -0.39 is 10.8 Å². The van der Waals surface area contributed by atoms with E-state index in [0.717, 1.165) is 10.6 Å². The Morgan fingerprint density at radius 1 is 1.08 bits per heavy atom. The third-order valence-corrected chi connectivity index (χ3v) is 4.94. The molecule has 1 atom stereocenters. The van der Waals surface area contributed by atoms with Gasteiger partial charge in [0.25, 0.3) is 0 Å². The average Bonchev–Trinajstić information content (AvgIpc) is 3.06. The first-order valence-electron chi connectivity index (χ1n) is 8.28. The highest BCUT2D eigenvalue weighted by molar-refractivity contribution is 7.85. The lowest BCUT2D eigenvalue weighted by Crippen LogP contribution is -2.07. The molecule has 7 nitrogen and oxygen atoms in total. The van der Waals surface area contributed by atoms with E-state index in [2.05, 4.69) is 25.8 Å². The summed E-state index contributed by atoms with van der Waals surface area (Å²) in [6.45, 7) is 2.58. The van der Waals surface area contributed by atoms with Crippen LogP contribution in [-0.2, 0) is 10.8 Å². The molecular formula is C18H21N5O2S. The molecule has 0 saturated heterocycles. The Morgan fingerprint density at radius 3 is 2.54 bits per heavy atom. The van der Waals surface area contributed by atoms with Gasteiger partial charge in [-0.15, -0.1) is 0 Å². The molecule has 8 heteroatoms. The number of nitrogens with zero attached hydrogens (tertiary/aromatic N) is 2. The van der Waals surface area contributed by atoms with Crippen LogP contribution in [0.5, 0.6) is 0 Å². The predicted molar refractivity (Wildman–Crippen MR) is 102 cm³/mol. The minimum atomic E-state index is -1.33. The molecule has 3 rings (SSSR count). The molecule has 0 aliphatic heterocycles. The molecule has 0 spiro atoms. The van der Waals surface area contributed by atoms with Crippen LogP contribution in [0.25, 0.3) is 0 Å². The Labute approximate surface area is 154 Å². The molecule has 1 aromatic carbocycles. The van der Waals surface area contributed by atoms with Crippen molar-refractivity contribution in [3.63, 3.8) is 0 Å². The van der Waals surface area contributed by atoms with Crippen LogP contribution >= 0.6 is 0 Å². The summed E-state index contributed by atoms with van der Waals surface area (Å²) < 4.78 is 12.9. The first kappa shape index (κ1) is 18.1. The maximum absolute atomic E-state index is 12.9. The quantitative estimate of drug-likeness (QED) is 0.454. The van der Waals surface area contributed by atoms with Gasteiger partial charge in [0.2, 0.25) is 0 Å². The van der Waals surface area contributed by atoms with Crippen molar-refractivity contribution in [1.29, 1.82) is 0 Å². The Kier molecular flexibility index (Phi) is 5.98. The zero-order valence-corrected chi connectivity index (χ0v) is 15.2. The van der Waals surface area contributed by atoms with E-state index in [4.69, 9.17) is 5.11 Å². The average molecular weight is 371 g/mol. The number of pyridine rings is 1. The van der Waals surface area contributed by atoms with Gasteiger partial charge >= 0.3 is 0 Å². The monoisotopic (exact) mass is 371 g/mol. The van der Waals surface area contributed by atoms with Gasteiger partial charge < -0.3 is 15.7 Å². The maximum atomic E-state index is 12.9. The van der Waals surface area contributed by atoms with Crippen molar-refractivity contribution in [3.8, 4) is 0 Å². The summed E-state index contributed by atoms with van der Waals surface area (Å²) in [6, 6.07) is 14.7. The Balaban J connectivity index is 1.90. The van der Waals surface area contributed by atoms with Crippen molar-refractivity contribution in [3.05, 3.63) is 54.2 Å². The Morgan fingerprint density at radius 2 is 1.85 bits per heavy atom. The van der Waals surface area contributed by atoms with Gasteiger partial charge in [0.1, 0.15) is 11.6 Å². The molecule has 0 saturated carbocycles. The molecule has 2 heterocycles. The zero-order valence-electron chi connectivity index (χ0n) is 14.4. The molecule has 0 radical (unpaired) electrons. The summed E-state index contributed by atoms with van der Waals surface area (Å²) >= 11 is 0. The van der Waals surface area contributed by atoms with Gasteiger partial charge in [-0.1, -0.05) is 18.2 Å². The molecule has 0 aliphatic rings. The van der Waals surface area contributed by atoms with E-state index in [1.807, 2.05) is 43.3 Å². The number of rotatable bonds is 8. The van der Waals surface area contributed by atoms with E-state index >= 15 is 0 Å². The number of aryl methyl sites for hydroxylation is 1. The predicted octanol–water partition coefficient (Wildman–Crippen LogP) is 2.82. The number of aromatic amines is 1. The van der Waals surface area contributed by atoms with E-state index in [1.54, 1.807) is 12.1 Å². The van der Waals surface area contributed by atoms with Crippen LogP contribution in [0, 0.1) is 6.92 Å². The number of benzene rings is 1. The van der Waals surface area contributed by atoms with E-state index in [-0.39, 0.29) is 6.61 Å². The second kappa shape index (κ2) is 8.59. The van der Waals surface area contributed by atoms with Crippen LogP contribution in [0.3, 0.4) is 0 Å². The van der Waals surface area contributed by atoms with Crippen LogP contribution in [0.1, 0.15) is 12.1 Å². The molecule has 0 bridgehead atoms.